The van der Waals surface area contributed by atoms with Gasteiger partial charge in [0.15, 0.2) is 0 Å². The standard InChI is InChI=1S/C23H24N2O2S/c1-27-20-10-6-5-7-16(20)13-14-24-22(26)18-11-12-19-21(15-18)28-23(25-19)17-8-3-2-4-9-17/h2-10,18H,11-15H2,1H3,(H,24,26). The van der Waals surface area contributed by atoms with E-state index in [1.807, 2.05) is 42.5 Å². The van der Waals surface area contributed by atoms with Gasteiger partial charge in [-0.15, -0.1) is 11.3 Å². The molecule has 5 heteroatoms. The Bertz CT molecular complexity index is 952. The number of nitrogens with zero attached hydrogens (tertiary/aromatic N) is 1. The molecule has 0 radical (unpaired) electrons. The third-order valence-electron chi connectivity index (χ3n) is 5.22. The Morgan fingerprint density at radius 3 is 2.79 bits per heavy atom. The molecule has 0 spiro atoms. The van der Waals surface area contributed by atoms with Crippen LogP contribution in [0.1, 0.15) is 22.6 Å². The van der Waals surface area contributed by atoms with Crippen molar-refractivity contribution in [3.63, 3.8) is 0 Å². The number of rotatable bonds is 6. The van der Waals surface area contributed by atoms with Crippen molar-refractivity contribution in [3.05, 3.63) is 70.7 Å². The molecule has 2 aromatic carbocycles. The lowest BCUT2D eigenvalue weighted by molar-refractivity contribution is -0.125. The molecule has 1 N–H and O–H groups in total. The van der Waals surface area contributed by atoms with Gasteiger partial charge in [-0.3, -0.25) is 4.79 Å². The van der Waals surface area contributed by atoms with Gasteiger partial charge in [0, 0.05) is 22.9 Å². The van der Waals surface area contributed by atoms with Crippen molar-refractivity contribution in [1.82, 2.24) is 10.3 Å². The summed E-state index contributed by atoms with van der Waals surface area (Å²) in [6, 6.07) is 18.2. The SMILES string of the molecule is COc1ccccc1CCNC(=O)C1CCc2nc(-c3ccccc3)sc2C1. The highest BCUT2D eigenvalue weighted by Gasteiger charge is 2.27. The molecule has 1 unspecified atom stereocenters. The number of methoxy groups -OCH3 is 1. The molecule has 1 atom stereocenters. The minimum absolute atomic E-state index is 0.0363. The van der Waals surface area contributed by atoms with Gasteiger partial charge in [-0.05, 0) is 37.3 Å². The van der Waals surface area contributed by atoms with Gasteiger partial charge >= 0.3 is 0 Å². The molecular formula is C23H24N2O2S. The predicted molar refractivity (Wildman–Crippen MR) is 113 cm³/mol. The number of carbonyl (C=O) groups is 1. The topological polar surface area (TPSA) is 51.2 Å². The Morgan fingerprint density at radius 1 is 1.18 bits per heavy atom. The number of hydrogen-bond acceptors (Lipinski definition) is 4. The van der Waals surface area contributed by atoms with Gasteiger partial charge in [0.05, 0.1) is 12.8 Å². The van der Waals surface area contributed by atoms with Gasteiger partial charge in [0.25, 0.3) is 0 Å². The summed E-state index contributed by atoms with van der Waals surface area (Å²) in [6.45, 7) is 0.626. The first kappa shape index (κ1) is 18.7. The van der Waals surface area contributed by atoms with Crippen LogP contribution >= 0.6 is 11.3 Å². The molecular weight excluding hydrogens is 368 g/mol. The van der Waals surface area contributed by atoms with Crippen molar-refractivity contribution in [2.75, 3.05) is 13.7 Å². The van der Waals surface area contributed by atoms with E-state index in [-0.39, 0.29) is 11.8 Å². The lowest BCUT2D eigenvalue weighted by Gasteiger charge is -2.20. The Kier molecular flexibility index (Phi) is 5.72. The van der Waals surface area contributed by atoms with Crippen molar-refractivity contribution in [3.8, 4) is 16.3 Å². The molecule has 1 aliphatic carbocycles. The van der Waals surface area contributed by atoms with Gasteiger partial charge in [-0.2, -0.15) is 0 Å². The average molecular weight is 393 g/mol. The van der Waals surface area contributed by atoms with E-state index in [2.05, 4.69) is 17.4 Å². The average Bonchev–Trinajstić information content (AvgIpc) is 3.18. The number of aromatic nitrogens is 1. The largest absolute Gasteiger partial charge is 0.496 e. The number of nitrogens with one attached hydrogen (secondary N) is 1. The molecule has 0 saturated carbocycles. The first-order valence-electron chi connectivity index (χ1n) is 9.68. The third-order valence-corrected chi connectivity index (χ3v) is 6.39. The summed E-state index contributed by atoms with van der Waals surface area (Å²) in [5.41, 5.74) is 3.44. The number of thiazole rings is 1. The summed E-state index contributed by atoms with van der Waals surface area (Å²) < 4.78 is 5.38. The minimum atomic E-state index is 0.0363. The second-order valence-corrected chi connectivity index (χ2v) is 8.13. The van der Waals surface area contributed by atoms with Crippen LogP contribution in [0.4, 0.5) is 0 Å². The summed E-state index contributed by atoms with van der Waals surface area (Å²) in [5.74, 6) is 1.06. The Morgan fingerprint density at radius 2 is 1.96 bits per heavy atom. The number of carbonyl (C=O) groups excluding carboxylic acids is 1. The van der Waals surface area contributed by atoms with Crippen molar-refractivity contribution < 1.29 is 9.53 Å². The smallest absolute Gasteiger partial charge is 0.223 e. The lowest BCUT2D eigenvalue weighted by Crippen LogP contribution is -2.35. The van der Waals surface area contributed by atoms with Crippen molar-refractivity contribution >= 4 is 17.2 Å². The van der Waals surface area contributed by atoms with E-state index >= 15 is 0 Å². The molecule has 3 aromatic rings. The molecule has 0 aliphatic heterocycles. The third kappa shape index (κ3) is 4.09. The molecule has 28 heavy (non-hydrogen) atoms. The molecule has 4 nitrogen and oxygen atoms in total. The summed E-state index contributed by atoms with van der Waals surface area (Å²) >= 11 is 1.73. The van der Waals surface area contributed by atoms with E-state index < -0.39 is 0 Å². The Hall–Kier alpha value is -2.66. The molecule has 1 aromatic heterocycles. The maximum absolute atomic E-state index is 12.7. The zero-order valence-electron chi connectivity index (χ0n) is 16.0. The van der Waals surface area contributed by atoms with Crippen molar-refractivity contribution in [2.24, 2.45) is 5.92 Å². The molecule has 4 rings (SSSR count). The second-order valence-electron chi connectivity index (χ2n) is 7.05. The Labute approximate surface area is 169 Å². The zero-order chi connectivity index (χ0) is 19.3. The summed E-state index contributed by atoms with van der Waals surface area (Å²) in [4.78, 5) is 18.7. The van der Waals surface area contributed by atoms with E-state index in [0.717, 1.165) is 47.6 Å². The maximum Gasteiger partial charge on any atom is 0.223 e. The van der Waals surface area contributed by atoms with Gasteiger partial charge in [-0.1, -0.05) is 48.5 Å². The summed E-state index contributed by atoms with van der Waals surface area (Å²) in [6.07, 6.45) is 3.31. The van der Waals surface area contributed by atoms with Crippen LogP contribution in [0.3, 0.4) is 0 Å². The zero-order valence-corrected chi connectivity index (χ0v) is 16.8. The number of ether oxygens (including phenoxy) is 1. The maximum atomic E-state index is 12.7. The second kappa shape index (κ2) is 8.57. The highest BCUT2D eigenvalue weighted by atomic mass is 32.1. The molecule has 0 fully saturated rings. The number of aryl methyl sites for hydroxylation is 1. The number of hydrogen-bond donors (Lipinski definition) is 1. The van der Waals surface area contributed by atoms with E-state index in [4.69, 9.17) is 9.72 Å². The van der Waals surface area contributed by atoms with Gasteiger partial charge in [-0.25, -0.2) is 4.98 Å². The van der Waals surface area contributed by atoms with Crippen LogP contribution in [-0.2, 0) is 24.1 Å². The first-order valence-corrected chi connectivity index (χ1v) is 10.5. The van der Waals surface area contributed by atoms with E-state index in [1.165, 1.54) is 10.6 Å². The molecule has 144 valence electrons. The van der Waals surface area contributed by atoms with Crippen LogP contribution in [0.15, 0.2) is 54.6 Å². The van der Waals surface area contributed by atoms with Gasteiger partial charge < -0.3 is 10.1 Å². The van der Waals surface area contributed by atoms with Crippen LogP contribution < -0.4 is 10.1 Å². The highest BCUT2D eigenvalue weighted by molar-refractivity contribution is 7.15. The van der Waals surface area contributed by atoms with E-state index in [1.54, 1.807) is 18.4 Å². The van der Waals surface area contributed by atoms with Crippen LogP contribution in [0.25, 0.3) is 10.6 Å². The normalized spacial score (nSPS) is 15.7. The van der Waals surface area contributed by atoms with Crippen LogP contribution in [0.5, 0.6) is 5.75 Å². The van der Waals surface area contributed by atoms with Crippen molar-refractivity contribution in [2.45, 2.75) is 25.7 Å². The fourth-order valence-electron chi connectivity index (χ4n) is 3.68. The molecule has 1 aliphatic rings. The molecule has 0 saturated heterocycles. The fourth-order valence-corrected chi connectivity index (χ4v) is 4.87. The van der Waals surface area contributed by atoms with Crippen LogP contribution in [-0.4, -0.2) is 24.5 Å². The van der Waals surface area contributed by atoms with E-state index in [9.17, 15) is 4.79 Å². The molecule has 1 amide bonds. The summed E-state index contributed by atoms with van der Waals surface area (Å²) in [7, 11) is 1.68. The van der Waals surface area contributed by atoms with Crippen LogP contribution in [0.2, 0.25) is 0 Å². The quantitative estimate of drug-likeness (QED) is 0.681. The predicted octanol–water partition coefficient (Wildman–Crippen LogP) is 4.28. The molecule has 0 bridgehead atoms. The molecule has 1 heterocycles. The number of benzene rings is 2. The first-order chi connectivity index (χ1) is 13.7. The number of fused-ring (bicyclic) bond motifs is 1. The fraction of sp³-hybridized carbons (Fsp3) is 0.304. The number of amides is 1. The summed E-state index contributed by atoms with van der Waals surface area (Å²) in [5, 5.41) is 4.17. The Balaban J connectivity index is 1.35. The van der Waals surface area contributed by atoms with Crippen molar-refractivity contribution in [1.29, 1.82) is 0 Å². The highest BCUT2D eigenvalue weighted by Crippen LogP contribution is 2.34. The number of para-hydroxylation sites is 1. The van der Waals surface area contributed by atoms with Gasteiger partial charge in [0.1, 0.15) is 10.8 Å². The monoisotopic (exact) mass is 392 g/mol. The minimum Gasteiger partial charge on any atom is -0.496 e. The lowest BCUT2D eigenvalue weighted by atomic mass is 9.90. The van der Waals surface area contributed by atoms with Crippen LogP contribution in [0, 0.1) is 5.92 Å². The van der Waals surface area contributed by atoms with E-state index in [0.29, 0.717) is 6.54 Å². The van der Waals surface area contributed by atoms with Gasteiger partial charge in [0.2, 0.25) is 5.91 Å².